The summed E-state index contributed by atoms with van der Waals surface area (Å²) in [5.74, 6) is -0.0433. The van der Waals surface area contributed by atoms with Gasteiger partial charge in [0.05, 0.1) is 25.1 Å². The molecule has 4 aromatic heterocycles. The van der Waals surface area contributed by atoms with Gasteiger partial charge in [0.1, 0.15) is 53.8 Å². The molecule has 10 atom stereocenters. The minimum absolute atomic E-state index is 0.0285. The van der Waals surface area contributed by atoms with Gasteiger partial charge in [-0.1, -0.05) is 12.2 Å². The number of nitrogens with two attached hydrogens (primary N) is 2. The first-order valence-corrected chi connectivity index (χ1v) is 18.1. The number of nitrogens with one attached hydrogen (secondary N) is 1. The number of hydrogen-bond acceptors (Lipinski definition) is 16. The van der Waals surface area contributed by atoms with Crippen LogP contribution in [0.2, 0.25) is 0 Å². The number of aliphatic hydroxyl groups is 1. The molecule has 0 spiro atoms. The van der Waals surface area contributed by atoms with Crippen molar-refractivity contribution in [2.45, 2.75) is 55.4 Å². The number of hydrogen-bond donors (Lipinski definition) is 6. The topological polar surface area (TPSA) is 263 Å². The second-order valence-electron chi connectivity index (χ2n) is 10.2. The van der Waals surface area contributed by atoms with E-state index in [4.69, 9.17) is 46.1 Å². The molecule has 2 saturated heterocycles. The number of nitrogen functional groups attached to an aromatic ring is 2. The largest absolute Gasteiger partial charge is 0.388 e. The van der Waals surface area contributed by atoms with E-state index in [-0.39, 0.29) is 40.3 Å². The average Bonchev–Trinajstić information content (AvgIpc) is 3.68. The van der Waals surface area contributed by atoms with E-state index in [1.807, 2.05) is 0 Å². The third kappa shape index (κ3) is 5.03. The molecular formula is C20H23FN10O9P2S2. The molecule has 236 valence electrons. The minimum Gasteiger partial charge on any atom is -0.388 e. The van der Waals surface area contributed by atoms with E-state index >= 15 is 4.39 Å². The molecule has 6 heterocycles. The molecule has 1 saturated carbocycles. The molecule has 2 bridgehead atoms. The summed E-state index contributed by atoms with van der Waals surface area (Å²) < 4.78 is 60.5. The Balaban J connectivity index is 1.22. The van der Waals surface area contributed by atoms with Crippen molar-refractivity contribution in [3.05, 3.63) is 29.3 Å². The smallest absolute Gasteiger partial charge is 0.386 e. The molecule has 24 heteroatoms. The fourth-order valence-corrected chi connectivity index (χ4v) is 8.93. The van der Waals surface area contributed by atoms with Crippen LogP contribution in [0.25, 0.3) is 22.2 Å². The number of imidazole rings is 1. The van der Waals surface area contributed by atoms with Gasteiger partial charge in [0.25, 0.3) is 5.56 Å². The first-order valence-electron chi connectivity index (χ1n) is 12.8. The molecule has 2 aliphatic heterocycles. The van der Waals surface area contributed by atoms with Crippen LogP contribution in [0.5, 0.6) is 0 Å². The zero-order valence-electron chi connectivity index (χ0n) is 21.9. The highest BCUT2D eigenvalue weighted by Crippen LogP contribution is 2.61. The van der Waals surface area contributed by atoms with E-state index in [2.05, 4.69) is 42.3 Å². The minimum atomic E-state index is -4.46. The molecule has 3 unspecified atom stereocenters. The first kappa shape index (κ1) is 30.1. The van der Waals surface area contributed by atoms with Gasteiger partial charge in [0, 0.05) is 6.42 Å². The van der Waals surface area contributed by atoms with Crippen LogP contribution < -0.4 is 17.0 Å². The Bertz CT molecular complexity index is 1930. The maximum atomic E-state index is 16.1. The fraction of sp³-hybridized carbons (Fsp3) is 0.500. The van der Waals surface area contributed by atoms with E-state index in [9.17, 15) is 19.4 Å². The molecule has 7 rings (SSSR count). The van der Waals surface area contributed by atoms with E-state index in [1.165, 1.54) is 21.9 Å². The van der Waals surface area contributed by atoms with Gasteiger partial charge in [-0.2, -0.15) is 0 Å². The number of aliphatic hydroxyl groups excluding tert-OH is 1. The molecule has 4 aromatic rings. The quantitative estimate of drug-likeness (QED) is 0.120. The summed E-state index contributed by atoms with van der Waals surface area (Å²) in [6.45, 7) is -9.28. The Morgan fingerprint density at radius 3 is 2.57 bits per heavy atom. The Labute approximate surface area is 255 Å². The van der Waals surface area contributed by atoms with Crippen molar-refractivity contribution in [2.24, 2.45) is 0 Å². The summed E-state index contributed by atoms with van der Waals surface area (Å²) in [5, 5.41) is 13.7. The lowest BCUT2D eigenvalue weighted by atomic mass is 10.1. The lowest BCUT2D eigenvalue weighted by Crippen LogP contribution is -2.37. The number of H-pyrrole nitrogens is 1. The Morgan fingerprint density at radius 1 is 1.07 bits per heavy atom. The van der Waals surface area contributed by atoms with Gasteiger partial charge in [-0.05, 0) is 11.8 Å². The van der Waals surface area contributed by atoms with Crippen molar-refractivity contribution in [3.8, 4) is 0 Å². The molecule has 1 aliphatic carbocycles. The van der Waals surface area contributed by atoms with Crippen LogP contribution in [0.1, 0.15) is 18.7 Å². The molecule has 0 aromatic carbocycles. The van der Waals surface area contributed by atoms with Gasteiger partial charge in [-0.3, -0.25) is 28.2 Å². The summed E-state index contributed by atoms with van der Waals surface area (Å²) >= 11 is 9.28. The fourth-order valence-electron chi connectivity index (χ4n) is 5.63. The van der Waals surface area contributed by atoms with Crippen molar-refractivity contribution >= 4 is 71.4 Å². The molecule has 3 fully saturated rings. The highest BCUT2D eigenvalue weighted by molar-refractivity contribution is 8.44. The molecule has 7 N–H and O–H groups in total. The van der Waals surface area contributed by atoms with E-state index in [0.717, 1.165) is 6.33 Å². The third-order valence-electron chi connectivity index (χ3n) is 7.54. The maximum absolute atomic E-state index is 16.1. The van der Waals surface area contributed by atoms with Gasteiger partial charge in [-0.15, -0.1) is 0 Å². The van der Waals surface area contributed by atoms with Crippen LogP contribution in [0.3, 0.4) is 0 Å². The number of rotatable bonds is 2. The lowest BCUT2D eigenvalue weighted by molar-refractivity contribution is -0.0548. The molecular weight excluding hydrogens is 669 g/mol. The summed E-state index contributed by atoms with van der Waals surface area (Å²) in [7, 11) is 0. The van der Waals surface area contributed by atoms with Gasteiger partial charge in [-0.25, -0.2) is 33.9 Å². The van der Waals surface area contributed by atoms with Crippen LogP contribution in [-0.2, 0) is 39.2 Å². The van der Waals surface area contributed by atoms with Crippen LogP contribution in [-0.4, -0.2) is 92.6 Å². The number of fused-ring (bicyclic) bond motifs is 5. The van der Waals surface area contributed by atoms with Gasteiger partial charge in [0.2, 0.25) is 0 Å². The normalized spacial score (nSPS) is 38.0. The molecule has 0 radical (unpaired) electrons. The summed E-state index contributed by atoms with van der Waals surface area (Å²) in [6, 6.07) is -1.01. The SMILES string of the molecule is Nc1ncnc2c1ncn2[C@@H]1O[C@@H]2COP(O)(=S)O[C@@H]3C(O)[C@H](C[C@H]3n3[nH]c(=O)c4c(N)ncnc43)OP(=O)(S)O[C@H]2[C@H]1F. The van der Waals surface area contributed by atoms with Gasteiger partial charge in [0.15, 0.2) is 29.5 Å². The maximum Gasteiger partial charge on any atom is 0.386 e. The number of aromatic nitrogens is 8. The highest BCUT2D eigenvalue weighted by Gasteiger charge is 2.55. The van der Waals surface area contributed by atoms with Crippen LogP contribution >= 0.6 is 25.8 Å². The Hall–Kier alpha value is -2.62. The van der Waals surface area contributed by atoms with Gasteiger partial charge >= 0.3 is 13.5 Å². The van der Waals surface area contributed by atoms with Crippen molar-refractivity contribution < 1.29 is 41.8 Å². The zero-order chi connectivity index (χ0) is 31.1. The van der Waals surface area contributed by atoms with Crippen LogP contribution in [0.4, 0.5) is 16.0 Å². The summed E-state index contributed by atoms with van der Waals surface area (Å²) in [4.78, 5) is 43.7. The Kier molecular flexibility index (Phi) is 7.33. The van der Waals surface area contributed by atoms with Crippen molar-refractivity contribution in [1.29, 1.82) is 0 Å². The van der Waals surface area contributed by atoms with Crippen LogP contribution in [0.15, 0.2) is 23.8 Å². The monoisotopic (exact) mass is 692 g/mol. The van der Waals surface area contributed by atoms with Gasteiger partial charge < -0.3 is 35.3 Å². The Morgan fingerprint density at radius 2 is 1.80 bits per heavy atom. The summed E-state index contributed by atoms with van der Waals surface area (Å²) in [5.41, 5.74) is 11.5. The van der Waals surface area contributed by atoms with E-state index in [0.29, 0.717) is 0 Å². The second kappa shape index (κ2) is 10.7. The van der Waals surface area contributed by atoms with E-state index in [1.54, 1.807) is 0 Å². The summed E-state index contributed by atoms with van der Waals surface area (Å²) in [6.07, 6.45) is -7.42. The number of thiol groups is 1. The first-order chi connectivity index (χ1) is 20.8. The molecule has 19 nitrogen and oxygen atoms in total. The number of halogens is 1. The third-order valence-corrected chi connectivity index (χ3v) is 10.7. The van der Waals surface area contributed by atoms with E-state index < -0.39 is 74.6 Å². The molecule has 44 heavy (non-hydrogen) atoms. The van der Waals surface area contributed by atoms with Crippen LogP contribution in [0, 0.1) is 0 Å². The number of aromatic amines is 1. The average molecular weight is 693 g/mol. The predicted octanol–water partition coefficient (Wildman–Crippen LogP) is 0.106. The number of anilines is 2. The zero-order valence-corrected chi connectivity index (χ0v) is 25.4. The molecule has 3 aliphatic rings. The number of ether oxygens (including phenoxy) is 1. The van der Waals surface area contributed by atoms with Crippen molar-refractivity contribution in [1.82, 2.24) is 39.3 Å². The predicted molar refractivity (Wildman–Crippen MR) is 154 cm³/mol. The standard InChI is InChI=1S/C20H23FN10O9P2S2/c21-10-14-8(37-20(10)30-5-28-11-16(23)25-4-27-18(11)30)2-36-41(34,43)39-13-6(1-7(12(13)32)38-42(35,44)40-14)31-17-9(19(33)29-31)15(22)24-3-26-17/h3-8,10,12-14,20,32H,1-2H2,(H,29,33)(H,34,43)(H,35,44)(H2,22,24,26)(H2,23,25,27)/t6-,7+,8-,10-,12?,13+,14-,20-,41?,42?/m1/s1. The van der Waals surface area contributed by atoms with Crippen molar-refractivity contribution in [2.75, 3.05) is 18.1 Å². The molecule has 0 amide bonds. The number of alkyl halides is 1. The lowest BCUT2D eigenvalue weighted by Gasteiger charge is -2.30. The highest BCUT2D eigenvalue weighted by atomic mass is 32.7. The number of nitrogens with zero attached hydrogens (tertiary/aromatic N) is 7. The van der Waals surface area contributed by atoms with Crippen molar-refractivity contribution in [3.63, 3.8) is 0 Å². The second-order valence-corrected chi connectivity index (χ2v) is 15.8.